The Balaban J connectivity index is 2.25. The van der Waals surface area contributed by atoms with E-state index >= 15 is 0 Å². The van der Waals surface area contributed by atoms with Crippen molar-refractivity contribution in [3.8, 4) is 0 Å². The number of rotatable bonds is 8. The third kappa shape index (κ3) is 6.53. The quantitative estimate of drug-likeness (QED) is 0.527. The molecule has 6 nitrogen and oxygen atoms in total. The second-order valence-electron chi connectivity index (χ2n) is 9.03. The van der Waals surface area contributed by atoms with Crippen LogP contribution in [0.15, 0.2) is 23.6 Å². The molecular formula is C24H36N4O2S. The number of nitrogens with zero attached hydrogens (tertiary/aromatic N) is 2. The van der Waals surface area contributed by atoms with Crippen LogP contribution in [0.1, 0.15) is 93.8 Å². The van der Waals surface area contributed by atoms with E-state index in [1.807, 2.05) is 27.7 Å². The summed E-state index contributed by atoms with van der Waals surface area (Å²) in [5.41, 5.74) is 3.56. The molecule has 3 amide bonds. The van der Waals surface area contributed by atoms with Crippen LogP contribution in [0.4, 0.5) is 10.5 Å². The summed E-state index contributed by atoms with van der Waals surface area (Å²) >= 11 is 1.40. The first-order valence-corrected chi connectivity index (χ1v) is 11.8. The highest BCUT2D eigenvalue weighted by Crippen LogP contribution is 2.32. The van der Waals surface area contributed by atoms with Crippen LogP contribution < -0.4 is 10.6 Å². The van der Waals surface area contributed by atoms with E-state index in [1.165, 1.54) is 11.3 Å². The van der Waals surface area contributed by atoms with E-state index in [2.05, 4.69) is 61.5 Å². The predicted octanol–water partition coefficient (Wildman–Crippen LogP) is 5.97. The molecule has 2 aromatic rings. The molecule has 0 radical (unpaired) electrons. The number of thiazole rings is 1. The second-order valence-corrected chi connectivity index (χ2v) is 9.97. The summed E-state index contributed by atoms with van der Waals surface area (Å²) in [7, 11) is 0. The van der Waals surface area contributed by atoms with Crippen LogP contribution in [0, 0.1) is 0 Å². The summed E-state index contributed by atoms with van der Waals surface area (Å²) in [4.78, 5) is 31.7. The summed E-state index contributed by atoms with van der Waals surface area (Å²) in [5, 5.41) is 8.51. The maximum atomic E-state index is 13.3. The van der Waals surface area contributed by atoms with Gasteiger partial charge in [0, 0.05) is 23.2 Å². The number of nitrogens with one attached hydrogen (secondary N) is 2. The van der Waals surface area contributed by atoms with Gasteiger partial charge in [0.2, 0.25) is 0 Å². The Hall–Kier alpha value is -2.41. The maximum Gasteiger partial charge on any atom is 0.322 e. The Bertz CT molecular complexity index is 876. The number of hydrogen-bond donors (Lipinski definition) is 2. The van der Waals surface area contributed by atoms with E-state index < -0.39 is 0 Å². The van der Waals surface area contributed by atoms with E-state index in [-0.39, 0.29) is 24.0 Å². The van der Waals surface area contributed by atoms with Gasteiger partial charge in [-0.25, -0.2) is 9.78 Å². The van der Waals surface area contributed by atoms with Crippen LogP contribution in [0.5, 0.6) is 0 Å². The molecule has 0 aliphatic heterocycles. The second kappa shape index (κ2) is 10.8. The molecule has 0 fully saturated rings. The molecule has 0 aliphatic carbocycles. The lowest BCUT2D eigenvalue weighted by Gasteiger charge is -2.28. The zero-order valence-electron chi connectivity index (χ0n) is 19.9. The maximum absolute atomic E-state index is 13.3. The standard InChI is InChI=1S/C24H36N4O2S/c1-14(2)18-10-9-11-19(15(3)4)22(18)27-24(30)28(17(7)8)12-21-26-20(13-31-21)23(29)25-16(5)6/h9-11,13-17H,12H2,1-8H3,(H,25,29)(H,27,30). The minimum atomic E-state index is -0.189. The van der Waals surface area contributed by atoms with Crippen LogP contribution in [0.25, 0.3) is 0 Å². The third-order valence-electron chi connectivity index (χ3n) is 5.00. The molecule has 7 heteroatoms. The summed E-state index contributed by atoms with van der Waals surface area (Å²) in [6.07, 6.45) is 0. The number of para-hydroxylation sites is 1. The highest BCUT2D eigenvalue weighted by Gasteiger charge is 2.23. The summed E-state index contributed by atoms with van der Waals surface area (Å²) in [5.74, 6) is 0.399. The van der Waals surface area contributed by atoms with Crippen LogP contribution in [-0.2, 0) is 6.54 Å². The molecule has 2 N–H and O–H groups in total. The zero-order valence-corrected chi connectivity index (χ0v) is 20.8. The van der Waals surface area contributed by atoms with Crippen LogP contribution in [0.2, 0.25) is 0 Å². The normalized spacial score (nSPS) is 11.5. The summed E-state index contributed by atoms with van der Waals surface area (Å²) in [6.45, 7) is 16.7. The van der Waals surface area contributed by atoms with Gasteiger partial charge in [0.25, 0.3) is 5.91 Å². The first kappa shape index (κ1) is 24.9. The molecular weight excluding hydrogens is 408 g/mol. The molecule has 0 atom stereocenters. The lowest BCUT2D eigenvalue weighted by molar-refractivity contribution is 0.0938. The number of carbonyl (C=O) groups excluding carboxylic acids is 2. The Morgan fingerprint density at radius 2 is 1.58 bits per heavy atom. The van der Waals surface area contributed by atoms with Crippen LogP contribution in [0.3, 0.4) is 0 Å². The average Bonchev–Trinajstić information content (AvgIpc) is 3.14. The van der Waals surface area contributed by atoms with Gasteiger partial charge in [-0.1, -0.05) is 45.9 Å². The lowest BCUT2D eigenvalue weighted by atomic mass is 9.93. The highest BCUT2D eigenvalue weighted by molar-refractivity contribution is 7.09. The van der Waals surface area contributed by atoms with Crippen molar-refractivity contribution >= 4 is 29.0 Å². The molecule has 0 saturated carbocycles. The Morgan fingerprint density at radius 1 is 1.00 bits per heavy atom. The molecule has 170 valence electrons. The lowest BCUT2D eigenvalue weighted by Crippen LogP contribution is -2.40. The number of anilines is 1. The Kier molecular flexibility index (Phi) is 8.62. The number of hydrogen-bond acceptors (Lipinski definition) is 4. The van der Waals surface area contributed by atoms with Gasteiger partial charge < -0.3 is 15.5 Å². The van der Waals surface area contributed by atoms with E-state index in [4.69, 9.17) is 0 Å². The molecule has 0 bridgehead atoms. The molecule has 0 aliphatic rings. The van der Waals surface area contributed by atoms with E-state index in [1.54, 1.807) is 10.3 Å². The van der Waals surface area contributed by atoms with Gasteiger partial charge in [0.1, 0.15) is 10.7 Å². The van der Waals surface area contributed by atoms with Crippen molar-refractivity contribution in [1.82, 2.24) is 15.2 Å². The predicted molar refractivity (Wildman–Crippen MR) is 129 cm³/mol. The first-order chi connectivity index (χ1) is 14.5. The fourth-order valence-electron chi connectivity index (χ4n) is 3.33. The highest BCUT2D eigenvalue weighted by atomic mass is 32.1. The molecule has 31 heavy (non-hydrogen) atoms. The average molecular weight is 445 g/mol. The zero-order chi connectivity index (χ0) is 23.3. The van der Waals surface area contributed by atoms with Crippen molar-refractivity contribution in [2.75, 3.05) is 5.32 Å². The van der Waals surface area contributed by atoms with Gasteiger partial charge in [-0.2, -0.15) is 0 Å². The summed E-state index contributed by atoms with van der Waals surface area (Å²) in [6, 6.07) is 6.07. The number of amides is 3. The SMILES string of the molecule is CC(C)NC(=O)c1csc(CN(C(=O)Nc2c(C(C)C)cccc2C(C)C)C(C)C)n1. The molecule has 0 unspecified atom stereocenters. The fourth-order valence-corrected chi connectivity index (χ4v) is 4.10. The number of aromatic nitrogens is 1. The molecule has 0 saturated heterocycles. The Labute approximate surface area is 190 Å². The summed E-state index contributed by atoms with van der Waals surface area (Å²) < 4.78 is 0. The minimum Gasteiger partial charge on any atom is -0.349 e. The minimum absolute atomic E-state index is 0.0226. The molecule has 1 aromatic carbocycles. The number of carbonyl (C=O) groups is 2. The topological polar surface area (TPSA) is 74.3 Å². The van der Waals surface area contributed by atoms with Gasteiger partial charge in [0.15, 0.2) is 0 Å². The van der Waals surface area contributed by atoms with Crippen LogP contribution >= 0.6 is 11.3 Å². The fraction of sp³-hybridized carbons (Fsp3) is 0.542. The van der Waals surface area contributed by atoms with Crippen molar-refractivity contribution in [2.45, 2.75) is 85.9 Å². The number of urea groups is 1. The first-order valence-electron chi connectivity index (χ1n) is 11.0. The van der Waals surface area contributed by atoms with Gasteiger partial charge in [-0.3, -0.25) is 4.79 Å². The monoisotopic (exact) mass is 444 g/mol. The van der Waals surface area contributed by atoms with Crippen molar-refractivity contribution < 1.29 is 9.59 Å². The Morgan fingerprint density at radius 3 is 2.06 bits per heavy atom. The van der Waals surface area contributed by atoms with Crippen molar-refractivity contribution in [1.29, 1.82) is 0 Å². The molecule has 1 aromatic heterocycles. The van der Waals surface area contributed by atoms with Crippen molar-refractivity contribution in [2.24, 2.45) is 0 Å². The molecule has 1 heterocycles. The van der Waals surface area contributed by atoms with Crippen LogP contribution in [-0.4, -0.2) is 33.9 Å². The molecule has 0 spiro atoms. The van der Waals surface area contributed by atoms with Gasteiger partial charge in [0.05, 0.1) is 6.54 Å². The third-order valence-corrected chi connectivity index (χ3v) is 5.83. The number of benzene rings is 1. The van der Waals surface area contributed by atoms with Crippen molar-refractivity contribution in [3.05, 3.63) is 45.4 Å². The van der Waals surface area contributed by atoms with Gasteiger partial charge >= 0.3 is 6.03 Å². The molecule has 2 rings (SSSR count). The van der Waals surface area contributed by atoms with Gasteiger partial charge in [-0.05, 0) is 50.7 Å². The smallest absolute Gasteiger partial charge is 0.322 e. The van der Waals surface area contributed by atoms with E-state index in [0.717, 1.165) is 21.8 Å². The van der Waals surface area contributed by atoms with Gasteiger partial charge in [-0.15, -0.1) is 11.3 Å². The van der Waals surface area contributed by atoms with Crippen molar-refractivity contribution in [3.63, 3.8) is 0 Å². The van der Waals surface area contributed by atoms with E-state index in [9.17, 15) is 9.59 Å². The largest absolute Gasteiger partial charge is 0.349 e. The van der Waals surface area contributed by atoms with E-state index in [0.29, 0.717) is 24.1 Å².